The van der Waals surface area contributed by atoms with Crippen molar-refractivity contribution in [1.29, 1.82) is 0 Å². The summed E-state index contributed by atoms with van der Waals surface area (Å²) in [6.07, 6.45) is 5.34. The van der Waals surface area contributed by atoms with Gasteiger partial charge in [-0.25, -0.2) is 0 Å². The molecule has 20 heavy (non-hydrogen) atoms. The lowest BCUT2D eigenvalue weighted by Gasteiger charge is -2.37. The van der Waals surface area contributed by atoms with Crippen LogP contribution in [0.15, 0.2) is 24.3 Å². The second-order valence-corrected chi connectivity index (χ2v) is 6.11. The number of hydrogen-bond acceptors (Lipinski definition) is 3. The number of para-hydroxylation sites is 2. The summed E-state index contributed by atoms with van der Waals surface area (Å²) >= 11 is 0. The lowest BCUT2D eigenvalue weighted by molar-refractivity contribution is -0.0508. The van der Waals surface area contributed by atoms with Crippen molar-refractivity contribution in [3.8, 4) is 11.5 Å². The summed E-state index contributed by atoms with van der Waals surface area (Å²) in [4.78, 5) is 0. The molecule has 1 N–H and O–H groups in total. The quantitative estimate of drug-likeness (QED) is 0.919. The van der Waals surface area contributed by atoms with Gasteiger partial charge in [0.15, 0.2) is 17.6 Å². The van der Waals surface area contributed by atoms with Gasteiger partial charge < -0.3 is 14.6 Å². The molecule has 1 aliphatic carbocycles. The number of benzene rings is 1. The highest BCUT2D eigenvalue weighted by atomic mass is 16.6. The molecule has 3 nitrogen and oxygen atoms in total. The van der Waals surface area contributed by atoms with E-state index < -0.39 is 6.10 Å². The van der Waals surface area contributed by atoms with E-state index in [2.05, 4.69) is 6.92 Å². The van der Waals surface area contributed by atoms with Crippen LogP contribution in [0.25, 0.3) is 0 Å². The standard InChI is InChI=1S/C17H24O3/c1-2-12-6-5-7-13(10-12)17(18)16-11-19-14-8-3-4-9-15(14)20-16/h3-4,8-9,12-13,16-18H,2,5-7,10-11H2,1H3. The molecule has 1 aromatic carbocycles. The van der Waals surface area contributed by atoms with Gasteiger partial charge in [0.2, 0.25) is 0 Å². The van der Waals surface area contributed by atoms with Crippen molar-refractivity contribution >= 4 is 0 Å². The molecular formula is C17H24O3. The summed E-state index contributed by atoms with van der Waals surface area (Å²) in [6.45, 7) is 2.70. The smallest absolute Gasteiger partial charge is 0.161 e. The predicted molar refractivity (Wildman–Crippen MR) is 78.1 cm³/mol. The maximum atomic E-state index is 10.6. The topological polar surface area (TPSA) is 38.7 Å². The Morgan fingerprint density at radius 3 is 2.85 bits per heavy atom. The highest BCUT2D eigenvalue weighted by Crippen LogP contribution is 2.37. The molecule has 0 aromatic heterocycles. The molecule has 4 unspecified atom stereocenters. The number of fused-ring (bicyclic) bond motifs is 1. The van der Waals surface area contributed by atoms with Crippen LogP contribution < -0.4 is 9.47 Å². The van der Waals surface area contributed by atoms with Crippen molar-refractivity contribution in [1.82, 2.24) is 0 Å². The molecule has 1 aromatic rings. The minimum atomic E-state index is -0.419. The second-order valence-electron chi connectivity index (χ2n) is 6.11. The molecule has 0 amide bonds. The molecule has 0 saturated heterocycles. The number of aliphatic hydroxyl groups is 1. The lowest BCUT2D eigenvalue weighted by atomic mass is 9.76. The summed E-state index contributed by atoms with van der Waals surface area (Å²) in [5.74, 6) is 2.66. The van der Waals surface area contributed by atoms with Crippen LogP contribution in [-0.2, 0) is 0 Å². The summed E-state index contributed by atoms with van der Waals surface area (Å²) < 4.78 is 11.7. The zero-order chi connectivity index (χ0) is 13.9. The first-order valence-corrected chi connectivity index (χ1v) is 7.84. The van der Waals surface area contributed by atoms with Crippen LogP contribution in [0.5, 0.6) is 11.5 Å². The molecule has 1 saturated carbocycles. The average molecular weight is 276 g/mol. The Hall–Kier alpha value is -1.22. The molecule has 3 rings (SSSR count). The molecule has 0 bridgehead atoms. The zero-order valence-corrected chi connectivity index (χ0v) is 12.1. The van der Waals surface area contributed by atoms with Crippen molar-refractivity contribution in [3.05, 3.63) is 24.3 Å². The van der Waals surface area contributed by atoms with Crippen molar-refractivity contribution in [2.75, 3.05) is 6.61 Å². The molecule has 1 aliphatic heterocycles. The number of aliphatic hydroxyl groups excluding tert-OH is 1. The van der Waals surface area contributed by atoms with Gasteiger partial charge in [0, 0.05) is 0 Å². The SMILES string of the molecule is CCC1CCCC(C(O)C2COc3ccccc3O2)C1. The maximum Gasteiger partial charge on any atom is 0.161 e. The normalized spacial score (nSPS) is 30.8. The van der Waals surface area contributed by atoms with E-state index in [4.69, 9.17) is 9.47 Å². The second kappa shape index (κ2) is 6.04. The summed E-state index contributed by atoms with van der Waals surface area (Å²) in [5.41, 5.74) is 0. The zero-order valence-electron chi connectivity index (χ0n) is 12.1. The number of rotatable bonds is 3. The summed E-state index contributed by atoms with van der Waals surface area (Å²) in [7, 11) is 0. The van der Waals surface area contributed by atoms with Crippen LogP contribution in [-0.4, -0.2) is 23.9 Å². The third-order valence-electron chi connectivity index (χ3n) is 4.80. The Balaban J connectivity index is 1.65. The lowest BCUT2D eigenvalue weighted by Crippen LogP contribution is -2.44. The van der Waals surface area contributed by atoms with Crippen molar-refractivity contribution in [2.24, 2.45) is 11.8 Å². The highest BCUT2D eigenvalue weighted by molar-refractivity contribution is 5.40. The van der Waals surface area contributed by atoms with Gasteiger partial charge in [0.05, 0.1) is 6.10 Å². The fraction of sp³-hybridized carbons (Fsp3) is 0.647. The summed E-state index contributed by atoms with van der Waals surface area (Å²) in [5, 5.41) is 10.6. The van der Waals surface area contributed by atoms with Crippen molar-refractivity contribution in [3.63, 3.8) is 0 Å². The van der Waals surface area contributed by atoms with E-state index in [1.54, 1.807) is 0 Å². The van der Waals surface area contributed by atoms with Gasteiger partial charge in [-0.15, -0.1) is 0 Å². The van der Waals surface area contributed by atoms with Gasteiger partial charge in [-0.1, -0.05) is 38.3 Å². The van der Waals surface area contributed by atoms with Gasteiger partial charge in [0.1, 0.15) is 6.61 Å². The van der Waals surface area contributed by atoms with E-state index in [1.165, 1.54) is 19.3 Å². The fourth-order valence-corrected chi connectivity index (χ4v) is 3.52. The summed E-state index contributed by atoms with van der Waals surface area (Å²) in [6, 6.07) is 7.69. The van der Waals surface area contributed by atoms with Crippen LogP contribution in [0.4, 0.5) is 0 Å². The molecule has 2 aliphatic rings. The molecule has 1 fully saturated rings. The monoisotopic (exact) mass is 276 g/mol. The first-order valence-electron chi connectivity index (χ1n) is 7.84. The first-order chi connectivity index (χ1) is 9.78. The Labute approximate surface area is 120 Å². The van der Waals surface area contributed by atoms with Crippen LogP contribution in [0.1, 0.15) is 39.0 Å². The Morgan fingerprint density at radius 2 is 2.05 bits per heavy atom. The van der Waals surface area contributed by atoms with Crippen molar-refractivity contribution in [2.45, 2.75) is 51.2 Å². The molecule has 3 heteroatoms. The fourth-order valence-electron chi connectivity index (χ4n) is 3.52. The van der Waals surface area contributed by atoms with E-state index in [9.17, 15) is 5.11 Å². The largest absolute Gasteiger partial charge is 0.486 e. The van der Waals surface area contributed by atoms with Gasteiger partial charge in [-0.3, -0.25) is 0 Å². The van der Waals surface area contributed by atoms with E-state index in [1.807, 2.05) is 24.3 Å². The molecule has 4 atom stereocenters. The predicted octanol–water partition coefficient (Wildman–Crippen LogP) is 3.40. The van der Waals surface area contributed by atoms with E-state index in [0.29, 0.717) is 12.5 Å². The minimum absolute atomic E-state index is 0.231. The maximum absolute atomic E-state index is 10.6. The Morgan fingerprint density at radius 1 is 1.25 bits per heavy atom. The Kier molecular flexibility index (Phi) is 4.16. The molecule has 110 valence electrons. The van der Waals surface area contributed by atoms with Gasteiger partial charge in [0.25, 0.3) is 0 Å². The first kappa shape index (κ1) is 13.7. The highest BCUT2D eigenvalue weighted by Gasteiger charge is 2.35. The van der Waals surface area contributed by atoms with E-state index in [0.717, 1.165) is 30.3 Å². The number of hydrogen-bond donors (Lipinski definition) is 1. The van der Waals surface area contributed by atoms with Gasteiger partial charge in [-0.05, 0) is 36.8 Å². The van der Waals surface area contributed by atoms with Crippen LogP contribution >= 0.6 is 0 Å². The average Bonchev–Trinajstić information content (AvgIpc) is 2.53. The van der Waals surface area contributed by atoms with Crippen LogP contribution in [0.2, 0.25) is 0 Å². The van der Waals surface area contributed by atoms with E-state index in [-0.39, 0.29) is 6.10 Å². The van der Waals surface area contributed by atoms with Crippen molar-refractivity contribution < 1.29 is 14.6 Å². The Bertz CT molecular complexity index is 446. The molecular weight excluding hydrogens is 252 g/mol. The number of ether oxygens (including phenoxy) is 2. The van der Waals surface area contributed by atoms with E-state index >= 15 is 0 Å². The minimum Gasteiger partial charge on any atom is -0.486 e. The van der Waals surface area contributed by atoms with Gasteiger partial charge >= 0.3 is 0 Å². The molecule has 0 radical (unpaired) electrons. The van der Waals surface area contributed by atoms with Crippen LogP contribution in [0, 0.1) is 11.8 Å². The molecule has 1 heterocycles. The van der Waals surface area contributed by atoms with Crippen LogP contribution in [0.3, 0.4) is 0 Å². The molecule has 0 spiro atoms. The van der Waals surface area contributed by atoms with Gasteiger partial charge in [-0.2, -0.15) is 0 Å². The third-order valence-corrected chi connectivity index (χ3v) is 4.80. The third kappa shape index (κ3) is 2.78.